The third kappa shape index (κ3) is 3.44. The molecule has 1 atom stereocenters. The molecule has 0 radical (unpaired) electrons. The Morgan fingerprint density at radius 2 is 2.00 bits per heavy atom. The number of sulfonamides is 1. The van der Waals surface area contributed by atoms with Gasteiger partial charge in [-0.05, 0) is 39.6 Å². The Morgan fingerprint density at radius 1 is 1.39 bits per heavy atom. The molecular formula is C12H21N3O2S. The van der Waals surface area contributed by atoms with E-state index >= 15 is 0 Å². The first-order valence-electron chi connectivity index (χ1n) is 5.77. The van der Waals surface area contributed by atoms with Gasteiger partial charge in [0, 0.05) is 12.6 Å². The van der Waals surface area contributed by atoms with Crippen LogP contribution in [0.25, 0.3) is 0 Å². The number of benzene rings is 1. The van der Waals surface area contributed by atoms with Gasteiger partial charge in [-0.2, -0.15) is 0 Å². The van der Waals surface area contributed by atoms with Gasteiger partial charge >= 0.3 is 0 Å². The SMILES string of the molecule is Cc1cccc(N)c1S(=O)(=O)NCC(C)N(C)C. The first kappa shape index (κ1) is 14.9. The zero-order chi connectivity index (χ0) is 13.9. The van der Waals surface area contributed by atoms with Crippen molar-refractivity contribution in [3.8, 4) is 0 Å². The van der Waals surface area contributed by atoms with E-state index in [0.717, 1.165) is 0 Å². The molecule has 0 aliphatic heterocycles. The lowest BCUT2D eigenvalue weighted by Gasteiger charge is -2.20. The lowest BCUT2D eigenvalue weighted by atomic mass is 10.2. The van der Waals surface area contributed by atoms with Gasteiger partial charge in [0.2, 0.25) is 10.0 Å². The molecule has 102 valence electrons. The van der Waals surface area contributed by atoms with Crippen molar-refractivity contribution >= 4 is 15.7 Å². The Balaban J connectivity index is 2.94. The monoisotopic (exact) mass is 271 g/mol. The lowest BCUT2D eigenvalue weighted by molar-refractivity contribution is 0.314. The fraction of sp³-hybridized carbons (Fsp3) is 0.500. The van der Waals surface area contributed by atoms with Crippen molar-refractivity contribution in [1.82, 2.24) is 9.62 Å². The first-order chi connectivity index (χ1) is 8.25. The van der Waals surface area contributed by atoms with Gasteiger partial charge in [0.1, 0.15) is 4.90 Å². The third-order valence-corrected chi connectivity index (χ3v) is 4.60. The molecular weight excluding hydrogens is 250 g/mol. The van der Waals surface area contributed by atoms with Crippen LogP contribution in [-0.2, 0) is 10.0 Å². The largest absolute Gasteiger partial charge is 0.398 e. The van der Waals surface area contributed by atoms with E-state index in [2.05, 4.69) is 4.72 Å². The summed E-state index contributed by atoms with van der Waals surface area (Å²) in [6.07, 6.45) is 0. The van der Waals surface area contributed by atoms with Crippen molar-refractivity contribution in [3.05, 3.63) is 23.8 Å². The molecule has 3 N–H and O–H groups in total. The van der Waals surface area contributed by atoms with Crippen molar-refractivity contribution in [2.24, 2.45) is 0 Å². The highest BCUT2D eigenvalue weighted by molar-refractivity contribution is 7.89. The summed E-state index contributed by atoms with van der Waals surface area (Å²) >= 11 is 0. The van der Waals surface area contributed by atoms with Gasteiger partial charge in [0.15, 0.2) is 0 Å². The number of aryl methyl sites for hydroxylation is 1. The Morgan fingerprint density at radius 3 is 2.50 bits per heavy atom. The number of nitrogens with zero attached hydrogens (tertiary/aromatic N) is 1. The first-order valence-corrected chi connectivity index (χ1v) is 7.25. The third-order valence-electron chi connectivity index (χ3n) is 2.96. The number of hydrogen-bond acceptors (Lipinski definition) is 4. The van der Waals surface area contributed by atoms with Crippen LogP contribution < -0.4 is 10.5 Å². The average Bonchev–Trinajstić information content (AvgIpc) is 2.25. The second-order valence-electron chi connectivity index (χ2n) is 4.66. The van der Waals surface area contributed by atoms with E-state index in [1.807, 2.05) is 25.9 Å². The molecule has 1 aromatic carbocycles. The van der Waals surface area contributed by atoms with Gasteiger partial charge in [-0.25, -0.2) is 13.1 Å². The predicted octanol–water partition coefficient (Wildman–Crippen LogP) is 0.806. The maximum atomic E-state index is 12.2. The van der Waals surface area contributed by atoms with E-state index in [0.29, 0.717) is 12.1 Å². The van der Waals surface area contributed by atoms with Crippen LogP contribution in [0.2, 0.25) is 0 Å². The fourth-order valence-electron chi connectivity index (χ4n) is 1.53. The number of hydrogen-bond donors (Lipinski definition) is 2. The van der Waals surface area contributed by atoms with Crippen LogP contribution in [0, 0.1) is 6.92 Å². The summed E-state index contributed by atoms with van der Waals surface area (Å²) in [5.41, 5.74) is 6.67. The molecule has 18 heavy (non-hydrogen) atoms. The van der Waals surface area contributed by atoms with Gasteiger partial charge in [-0.3, -0.25) is 0 Å². The highest BCUT2D eigenvalue weighted by atomic mass is 32.2. The van der Waals surface area contributed by atoms with Crippen molar-refractivity contribution in [2.45, 2.75) is 24.8 Å². The van der Waals surface area contributed by atoms with Crippen molar-refractivity contribution in [3.63, 3.8) is 0 Å². The molecule has 1 unspecified atom stereocenters. The van der Waals surface area contributed by atoms with E-state index in [1.165, 1.54) is 0 Å². The Hall–Kier alpha value is -1.11. The standard InChI is InChI=1S/C12H21N3O2S/c1-9-6-5-7-11(13)12(9)18(16,17)14-8-10(2)15(3)4/h5-7,10,14H,8,13H2,1-4H3. The van der Waals surface area contributed by atoms with Crippen LogP contribution in [-0.4, -0.2) is 40.0 Å². The summed E-state index contributed by atoms with van der Waals surface area (Å²) < 4.78 is 27.0. The molecule has 0 bridgehead atoms. The summed E-state index contributed by atoms with van der Waals surface area (Å²) in [7, 11) is 0.256. The molecule has 6 heteroatoms. The van der Waals surface area contributed by atoms with Crippen LogP contribution in [0.1, 0.15) is 12.5 Å². The minimum atomic E-state index is -3.55. The molecule has 5 nitrogen and oxygen atoms in total. The summed E-state index contributed by atoms with van der Waals surface area (Å²) in [6.45, 7) is 4.03. The number of rotatable bonds is 5. The maximum absolute atomic E-state index is 12.2. The van der Waals surface area contributed by atoms with Crippen LogP contribution >= 0.6 is 0 Å². The quantitative estimate of drug-likeness (QED) is 0.777. The fourth-order valence-corrected chi connectivity index (χ4v) is 3.00. The molecule has 0 saturated heterocycles. The molecule has 0 amide bonds. The van der Waals surface area contributed by atoms with Gasteiger partial charge in [-0.15, -0.1) is 0 Å². The van der Waals surface area contributed by atoms with Gasteiger partial charge in [-0.1, -0.05) is 12.1 Å². The highest BCUT2D eigenvalue weighted by Crippen LogP contribution is 2.21. The topological polar surface area (TPSA) is 75.4 Å². The van der Waals surface area contributed by atoms with Crippen LogP contribution in [0.4, 0.5) is 5.69 Å². The summed E-state index contributed by atoms with van der Waals surface area (Å²) in [6, 6.07) is 5.19. The lowest BCUT2D eigenvalue weighted by Crippen LogP contribution is -2.38. The van der Waals surface area contributed by atoms with Gasteiger partial charge < -0.3 is 10.6 Å². The minimum Gasteiger partial charge on any atom is -0.398 e. The van der Waals surface area contributed by atoms with Crippen molar-refractivity contribution < 1.29 is 8.42 Å². The molecule has 0 aliphatic carbocycles. The van der Waals surface area contributed by atoms with E-state index in [9.17, 15) is 8.42 Å². The van der Waals surface area contributed by atoms with Crippen molar-refractivity contribution in [2.75, 3.05) is 26.4 Å². The molecule has 1 aromatic rings. The van der Waals surface area contributed by atoms with Crippen molar-refractivity contribution in [1.29, 1.82) is 0 Å². The molecule has 0 aromatic heterocycles. The minimum absolute atomic E-state index is 0.116. The molecule has 0 heterocycles. The summed E-state index contributed by atoms with van der Waals surface area (Å²) in [4.78, 5) is 2.12. The highest BCUT2D eigenvalue weighted by Gasteiger charge is 2.20. The zero-order valence-corrected chi connectivity index (χ0v) is 12.1. The van der Waals surface area contributed by atoms with Crippen LogP contribution in [0.15, 0.2) is 23.1 Å². The smallest absolute Gasteiger partial charge is 0.242 e. The number of likely N-dealkylation sites (N-methyl/N-ethyl adjacent to an activating group) is 1. The summed E-state index contributed by atoms with van der Waals surface area (Å²) in [5.74, 6) is 0. The van der Waals surface area contributed by atoms with E-state index < -0.39 is 10.0 Å². The predicted molar refractivity (Wildman–Crippen MR) is 73.9 cm³/mol. The van der Waals surface area contributed by atoms with E-state index in [-0.39, 0.29) is 16.6 Å². The normalized spacial score (nSPS) is 13.8. The number of nitrogens with two attached hydrogens (primary N) is 1. The Labute approximate surface area is 109 Å². The van der Waals surface area contributed by atoms with Crippen LogP contribution in [0.3, 0.4) is 0 Å². The molecule has 1 rings (SSSR count). The molecule has 0 saturated carbocycles. The van der Waals surface area contributed by atoms with Gasteiger partial charge in [0.25, 0.3) is 0 Å². The second kappa shape index (κ2) is 5.69. The molecule has 0 spiro atoms. The Bertz CT molecular complexity index is 492. The second-order valence-corrected chi connectivity index (χ2v) is 6.36. The number of nitrogen functional groups attached to an aromatic ring is 1. The maximum Gasteiger partial charge on any atom is 0.242 e. The van der Waals surface area contributed by atoms with Crippen LogP contribution in [0.5, 0.6) is 0 Å². The molecule has 0 aliphatic rings. The van der Waals surface area contributed by atoms with E-state index in [4.69, 9.17) is 5.73 Å². The Kier molecular flexibility index (Phi) is 4.72. The average molecular weight is 271 g/mol. The number of anilines is 1. The summed E-state index contributed by atoms with van der Waals surface area (Å²) in [5, 5.41) is 0. The zero-order valence-electron chi connectivity index (χ0n) is 11.3. The van der Waals surface area contributed by atoms with E-state index in [1.54, 1.807) is 25.1 Å². The van der Waals surface area contributed by atoms with Gasteiger partial charge in [0.05, 0.1) is 5.69 Å². The molecule has 0 fully saturated rings. The number of nitrogens with one attached hydrogen (secondary N) is 1.